The predicted molar refractivity (Wildman–Crippen MR) is 93.4 cm³/mol. The molecule has 0 aliphatic heterocycles. The van der Waals surface area contributed by atoms with E-state index in [1.165, 1.54) is 0 Å². The van der Waals surface area contributed by atoms with Crippen LogP contribution in [0.2, 0.25) is 0 Å². The number of ether oxygens (including phenoxy) is 2. The second-order valence-electron chi connectivity index (χ2n) is 5.62. The summed E-state index contributed by atoms with van der Waals surface area (Å²) < 4.78 is 11.0. The number of hydrogen-bond acceptors (Lipinski definition) is 7. The van der Waals surface area contributed by atoms with Crippen molar-refractivity contribution < 1.29 is 24.5 Å². The van der Waals surface area contributed by atoms with Crippen LogP contribution >= 0.6 is 0 Å². The van der Waals surface area contributed by atoms with Crippen molar-refractivity contribution in [3.05, 3.63) is 34.4 Å². The van der Waals surface area contributed by atoms with Crippen molar-refractivity contribution in [1.29, 1.82) is 0 Å². The summed E-state index contributed by atoms with van der Waals surface area (Å²) in [6.07, 6.45) is 1.92. The third-order valence-electron chi connectivity index (χ3n) is 3.65. The maximum Gasteiger partial charge on any atom is 0.294 e. The third kappa shape index (κ3) is 9.73. The molecule has 1 aromatic carbocycles. The summed E-state index contributed by atoms with van der Waals surface area (Å²) in [5.41, 5.74) is 0. The third-order valence-corrected chi connectivity index (χ3v) is 3.65. The highest BCUT2D eigenvalue weighted by atomic mass is 16.9. The lowest BCUT2D eigenvalue weighted by Crippen LogP contribution is -2.37. The van der Waals surface area contributed by atoms with Gasteiger partial charge in [-0.15, -0.1) is 10.1 Å². The molecule has 0 saturated carbocycles. The SMILES string of the molecule is CCC(CC)NCC(O)COc1ccc(OCCCO[N+](=O)[O-])cc1. The van der Waals surface area contributed by atoms with E-state index in [-0.39, 0.29) is 13.2 Å². The molecule has 1 aromatic rings. The van der Waals surface area contributed by atoms with E-state index in [1.54, 1.807) is 24.3 Å². The first-order valence-corrected chi connectivity index (χ1v) is 8.59. The average molecular weight is 356 g/mol. The maximum absolute atomic E-state index is 9.99. The molecular formula is C17H28N2O6. The van der Waals surface area contributed by atoms with E-state index in [4.69, 9.17) is 9.47 Å². The van der Waals surface area contributed by atoms with E-state index in [1.807, 2.05) is 0 Å². The second kappa shape index (κ2) is 12.3. The van der Waals surface area contributed by atoms with Crippen molar-refractivity contribution in [2.45, 2.75) is 45.3 Å². The van der Waals surface area contributed by atoms with Gasteiger partial charge in [0, 0.05) is 19.0 Å². The zero-order valence-corrected chi connectivity index (χ0v) is 14.8. The van der Waals surface area contributed by atoms with Crippen LogP contribution in [0.5, 0.6) is 11.5 Å². The van der Waals surface area contributed by atoms with Crippen LogP contribution in [-0.4, -0.2) is 48.7 Å². The Morgan fingerprint density at radius 2 is 1.72 bits per heavy atom. The summed E-state index contributed by atoms with van der Waals surface area (Å²) in [6.45, 7) is 5.28. The molecule has 0 saturated heterocycles. The van der Waals surface area contributed by atoms with Crippen LogP contribution in [0.25, 0.3) is 0 Å². The van der Waals surface area contributed by atoms with Gasteiger partial charge < -0.3 is 24.7 Å². The Balaban J connectivity index is 2.21. The molecule has 0 heterocycles. The number of benzene rings is 1. The van der Waals surface area contributed by atoms with Crippen molar-refractivity contribution in [1.82, 2.24) is 5.32 Å². The Labute approximate surface area is 148 Å². The molecule has 25 heavy (non-hydrogen) atoms. The maximum atomic E-state index is 9.99. The summed E-state index contributed by atoms with van der Waals surface area (Å²) in [6, 6.07) is 7.42. The van der Waals surface area contributed by atoms with E-state index in [0.717, 1.165) is 12.8 Å². The number of aliphatic hydroxyl groups excluding tert-OH is 1. The van der Waals surface area contributed by atoms with E-state index in [0.29, 0.717) is 37.1 Å². The van der Waals surface area contributed by atoms with Gasteiger partial charge in [0.1, 0.15) is 24.2 Å². The van der Waals surface area contributed by atoms with E-state index in [9.17, 15) is 15.2 Å². The number of aliphatic hydroxyl groups is 1. The number of nitrogens with one attached hydrogen (secondary N) is 1. The van der Waals surface area contributed by atoms with Gasteiger partial charge in [-0.2, -0.15) is 0 Å². The second-order valence-corrected chi connectivity index (χ2v) is 5.62. The topological polar surface area (TPSA) is 103 Å². The minimum atomic E-state index is -0.819. The van der Waals surface area contributed by atoms with E-state index < -0.39 is 11.2 Å². The minimum absolute atomic E-state index is 0.0110. The van der Waals surface area contributed by atoms with Crippen molar-refractivity contribution in [2.24, 2.45) is 0 Å². The fourth-order valence-electron chi connectivity index (χ4n) is 2.15. The lowest BCUT2D eigenvalue weighted by atomic mass is 10.1. The molecular weight excluding hydrogens is 328 g/mol. The molecule has 0 aliphatic rings. The van der Waals surface area contributed by atoms with Crippen LogP contribution < -0.4 is 14.8 Å². The standard InChI is InChI=1S/C17H28N2O6/c1-3-14(4-2)18-12-15(20)13-24-17-8-6-16(7-9-17)23-10-5-11-25-19(21)22/h6-9,14-15,18,20H,3-5,10-13H2,1-2H3. The smallest absolute Gasteiger partial charge is 0.294 e. The van der Waals surface area contributed by atoms with Gasteiger partial charge in [0.05, 0.1) is 13.2 Å². The summed E-state index contributed by atoms with van der Waals surface area (Å²) in [5, 5.41) is 22.4. The number of rotatable bonds is 14. The average Bonchev–Trinajstić information content (AvgIpc) is 2.61. The van der Waals surface area contributed by atoms with Crippen LogP contribution in [0.1, 0.15) is 33.1 Å². The predicted octanol–water partition coefficient (Wildman–Crippen LogP) is 2.18. The largest absolute Gasteiger partial charge is 0.494 e. The molecule has 8 nitrogen and oxygen atoms in total. The fraction of sp³-hybridized carbons (Fsp3) is 0.647. The van der Waals surface area contributed by atoms with Crippen molar-refractivity contribution >= 4 is 0 Å². The molecule has 0 aliphatic carbocycles. The Morgan fingerprint density at radius 3 is 2.28 bits per heavy atom. The number of nitrogens with zero attached hydrogens (tertiary/aromatic N) is 1. The molecule has 8 heteroatoms. The van der Waals surface area contributed by atoms with E-state index >= 15 is 0 Å². The summed E-state index contributed by atoms with van der Waals surface area (Å²) in [7, 11) is 0. The monoisotopic (exact) mass is 356 g/mol. The molecule has 0 spiro atoms. The van der Waals surface area contributed by atoms with Crippen molar-refractivity contribution in [3.8, 4) is 11.5 Å². The Hall–Kier alpha value is -2.06. The van der Waals surface area contributed by atoms with E-state index in [2.05, 4.69) is 24.0 Å². The van der Waals surface area contributed by atoms with Gasteiger partial charge >= 0.3 is 0 Å². The van der Waals surface area contributed by atoms with Gasteiger partial charge in [0.25, 0.3) is 5.09 Å². The van der Waals surface area contributed by atoms with Crippen LogP contribution in [0, 0.1) is 10.1 Å². The van der Waals surface area contributed by atoms with Crippen LogP contribution in [0.3, 0.4) is 0 Å². The lowest BCUT2D eigenvalue weighted by molar-refractivity contribution is -0.757. The van der Waals surface area contributed by atoms with Gasteiger partial charge in [-0.05, 0) is 37.1 Å². The highest BCUT2D eigenvalue weighted by molar-refractivity contribution is 5.31. The quantitative estimate of drug-likeness (QED) is 0.299. The normalized spacial score (nSPS) is 12.0. The van der Waals surface area contributed by atoms with Gasteiger partial charge in [0.2, 0.25) is 0 Å². The molecule has 1 unspecified atom stereocenters. The molecule has 0 aromatic heterocycles. The molecule has 0 amide bonds. The Morgan fingerprint density at radius 1 is 1.12 bits per heavy atom. The molecule has 2 N–H and O–H groups in total. The summed E-state index contributed by atoms with van der Waals surface area (Å²) in [5.74, 6) is 1.29. The molecule has 1 atom stereocenters. The Bertz CT molecular complexity index is 479. The molecule has 142 valence electrons. The zero-order valence-electron chi connectivity index (χ0n) is 14.8. The molecule has 1 rings (SSSR count). The van der Waals surface area contributed by atoms with Crippen LogP contribution in [0.15, 0.2) is 24.3 Å². The van der Waals surface area contributed by atoms with Crippen LogP contribution in [0.4, 0.5) is 0 Å². The van der Waals surface area contributed by atoms with Gasteiger partial charge in [-0.25, -0.2) is 0 Å². The minimum Gasteiger partial charge on any atom is -0.494 e. The highest BCUT2D eigenvalue weighted by Gasteiger charge is 2.08. The van der Waals surface area contributed by atoms with Crippen molar-refractivity contribution in [3.63, 3.8) is 0 Å². The first kappa shape index (κ1) is 21.0. The number of hydrogen-bond donors (Lipinski definition) is 2. The first-order chi connectivity index (χ1) is 12.0. The summed E-state index contributed by atoms with van der Waals surface area (Å²) in [4.78, 5) is 14.2. The molecule has 0 fully saturated rings. The van der Waals surface area contributed by atoms with Gasteiger partial charge in [0.15, 0.2) is 0 Å². The van der Waals surface area contributed by atoms with Gasteiger partial charge in [-0.3, -0.25) is 0 Å². The Kier molecular flexibility index (Phi) is 10.3. The fourth-order valence-corrected chi connectivity index (χ4v) is 2.15. The lowest BCUT2D eigenvalue weighted by Gasteiger charge is -2.18. The molecule has 0 bridgehead atoms. The van der Waals surface area contributed by atoms with Gasteiger partial charge in [-0.1, -0.05) is 13.8 Å². The first-order valence-electron chi connectivity index (χ1n) is 8.59. The summed E-state index contributed by atoms with van der Waals surface area (Å²) >= 11 is 0. The van der Waals surface area contributed by atoms with Crippen LogP contribution in [-0.2, 0) is 4.84 Å². The highest BCUT2D eigenvalue weighted by Crippen LogP contribution is 2.17. The zero-order chi connectivity index (χ0) is 18.5. The molecule has 0 radical (unpaired) electrons. The van der Waals surface area contributed by atoms with Crippen molar-refractivity contribution in [2.75, 3.05) is 26.4 Å².